The predicted molar refractivity (Wildman–Crippen MR) is 62.2 cm³/mol. The topological polar surface area (TPSA) is 70.7 Å². The van der Waals surface area contributed by atoms with E-state index in [1.807, 2.05) is 0 Å². The number of amides is 1. The molecular weight excluding hydrogens is 204 g/mol. The number of carbonyl (C=O) groups excluding carboxylic acids is 1. The van der Waals surface area contributed by atoms with E-state index in [0.29, 0.717) is 6.54 Å². The van der Waals surface area contributed by atoms with E-state index < -0.39 is 0 Å². The lowest BCUT2D eigenvalue weighted by Gasteiger charge is -2.17. The van der Waals surface area contributed by atoms with E-state index in [4.69, 9.17) is 0 Å². The average molecular weight is 224 g/mol. The molecule has 5 heteroatoms. The van der Waals surface area contributed by atoms with Crippen LogP contribution in [0.1, 0.15) is 50.6 Å². The molecule has 0 spiro atoms. The van der Waals surface area contributed by atoms with E-state index in [2.05, 4.69) is 48.2 Å². The Labute approximate surface area is 96.0 Å². The number of nitrogens with zero attached hydrogens (tertiary/aromatic N) is 2. The second-order valence-electron chi connectivity index (χ2n) is 5.10. The fourth-order valence-corrected chi connectivity index (χ4v) is 1.17. The summed E-state index contributed by atoms with van der Waals surface area (Å²) in [4.78, 5) is 15.8. The van der Waals surface area contributed by atoms with Crippen LogP contribution in [0.2, 0.25) is 0 Å². The second-order valence-corrected chi connectivity index (χ2v) is 5.10. The summed E-state index contributed by atoms with van der Waals surface area (Å²) in [6.07, 6.45) is 1.80. The SMILES string of the molecule is CCCc1nc(C(=O)NCC(C)(C)C)n[nH]1. The lowest BCUT2D eigenvalue weighted by molar-refractivity contribution is 0.0929. The van der Waals surface area contributed by atoms with Crippen LogP contribution in [-0.2, 0) is 6.42 Å². The summed E-state index contributed by atoms with van der Waals surface area (Å²) in [5, 5.41) is 9.46. The highest BCUT2D eigenvalue weighted by atomic mass is 16.2. The van der Waals surface area contributed by atoms with Crippen LogP contribution in [0.4, 0.5) is 0 Å². The standard InChI is InChI=1S/C11H20N4O/c1-5-6-8-13-9(15-14-8)10(16)12-7-11(2,3)4/h5-7H2,1-4H3,(H,12,16)(H,13,14,15). The van der Waals surface area contributed by atoms with Gasteiger partial charge < -0.3 is 5.32 Å². The molecule has 0 saturated heterocycles. The van der Waals surface area contributed by atoms with Crippen LogP contribution < -0.4 is 5.32 Å². The molecule has 1 aromatic heterocycles. The number of aromatic nitrogens is 3. The van der Waals surface area contributed by atoms with Gasteiger partial charge in [0.05, 0.1) is 0 Å². The van der Waals surface area contributed by atoms with Gasteiger partial charge in [0.25, 0.3) is 5.91 Å². The summed E-state index contributed by atoms with van der Waals surface area (Å²) in [6.45, 7) is 8.86. The molecule has 0 unspecified atom stereocenters. The summed E-state index contributed by atoms with van der Waals surface area (Å²) in [5.74, 6) is 0.782. The van der Waals surface area contributed by atoms with Crippen molar-refractivity contribution in [2.24, 2.45) is 5.41 Å². The first-order valence-electron chi connectivity index (χ1n) is 5.62. The molecular formula is C11H20N4O. The van der Waals surface area contributed by atoms with Crippen LogP contribution in [0.3, 0.4) is 0 Å². The van der Waals surface area contributed by atoms with Gasteiger partial charge in [-0.05, 0) is 11.8 Å². The minimum Gasteiger partial charge on any atom is -0.349 e. The Hall–Kier alpha value is -1.39. The predicted octanol–water partition coefficient (Wildman–Crippen LogP) is 1.53. The van der Waals surface area contributed by atoms with Crippen LogP contribution in [0.25, 0.3) is 0 Å². The Bertz CT molecular complexity index is 351. The van der Waals surface area contributed by atoms with Crippen molar-refractivity contribution in [2.45, 2.75) is 40.5 Å². The molecule has 0 aliphatic carbocycles. The van der Waals surface area contributed by atoms with Gasteiger partial charge in [-0.3, -0.25) is 9.89 Å². The molecule has 5 nitrogen and oxygen atoms in total. The Kier molecular flexibility index (Phi) is 4.04. The smallest absolute Gasteiger partial charge is 0.290 e. The highest BCUT2D eigenvalue weighted by Gasteiger charge is 2.16. The van der Waals surface area contributed by atoms with Crippen molar-refractivity contribution in [1.29, 1.82) is 0 Å². The first-order valence-corrected chi connectivity index (χ1v) is 5.62. The summed E-state index contributed by atoms with van der Waals surface area (Å²) in [5.41, 5.74) is 0.0677. The maximum absolute atomic E-state index is 11.7. The van der Waals surface area contributed by atoms with Crippen molar-refractivity contribution in [3.63, 3.8) is 0 Å². The molecule has 2 N–H and O–H groups in total. The summed E-state index contributed by atoms with van der Waals surface area (Å²) in [7, 11) is 0. The van der Waals surface area contributed by atoms with E-state index in [1.165, 1.54) is 0 Å². The molecule has 1 rings (SSSR count). The number of aryl methyl sites for hydroxylation is 1. The fraction of sp³-hybridized carbons (Fsp3) is 0.727. The first kappa shape index (κ1) is 12.7. The van der Waals surface area contributed by atoms with Crippen LogP contribution in [-0.4, -0.2) is 27.6 Å². The first-order chi connectivity index (χ1) is 7.42. The van der Waals surface area contributed by atoms with E-state index in [-0.39, 0.29) is 17.1 Å². The Morgan fingerprint density at radius 2 is 2.12 bits per heavy atom. The lowest BCUT2D eigenvalue weighted by Crippen LogP contribution is -2.32. The number of aromatic amines is 1. The van der Waals surface area contributed by atoms with Crippen LogP contribution >= 0.6 is 0 Å². The quantitative estimate of drug-likeness (QED) is 0.814. The third kappa shape index (κ3) is 4.00. The molecule has 1 heterocycles. The van der Waals surface area contributed by atoms with Crippen molar-refractivity contribution in [2.75, 3.05) is 6.54 Å². The molecule has 90 valence electrons. The van der Waals surface area contributed by atoms with Gasteiger partial charge in [0.1, 0.15) is 5.82 Å². The zero-order chi connectivity index (χ0) is 12.2. The minimum absolute atomic E-state index is 0.0677. The lowest BCUT2D eigenvalue weighted by atomic mass is 9.97. The number of carbonyl (C=O) groups is 1. The Morgan fingerprint density at radius 1 is 1.44 bits per heavy atom. The maximum atomic E-state index is 11.7. The molecule has 0 aromatic carbocycles. The van der Waals surface area contributed by atoms with Crippen molar-refractivity contribution < 1.29 is 4.79 Å². The van der Waals surface area contributed by atoms with Crippen LogP contribution in [0.5, 0.6) is 0 Å². The third-order valence-electron chi connectivity index (χ3n) is 2.00. The molecule has 0 radical (unpaired) electrons. The number of hydrogen-bond donors (Lipinski definition) is 2. The third-order valence-corrected chi connectivity index (χ3v) is 2.00. The van der Waals surface area contributed by atoms with E-state index in [9.17, 15) is 4.79 Å². The van der Waals surface area contributed by atoms with Gasteiger partial charge in [0.15, 0.2) is 0 Å². The van der Waals surface area contributed by atoms with Crippen molar-refractivity contribution >= 4 is 5.91 Å². The molecule has 0 fully saturated rings. The Morgan fingerprint density at radius 3 is 2.69 bits per heavy atom. The van der Waals surface area contributed by atoms with Gasteiger partial charge >= 0.3 is 0 Å². The summed E-state index contributed by atoms with van der Waals surface area (Å²) < 4.78 is 0. The van der Waals surface area contributed by atoms with Crippen molar-refractivity contribution in [3.8, 4) is 0 Å². The zero-order valence-corrected chi connectivity index (χ0v) is 10.4. The summed E-state index contributed by atoms with van der Waals surface area (Å²) in [6, 6.07) is 0. The monoisotopic (exact) mass is 224 g/mol. The highest BCUT2D eigenvalue weighted by molar-refractivity contribution is 5.90. The van der Waals surface area contributed by atoms with Crippen molar-refractivity contribution in [1.82, 2.24) is 20.5 Å². The van der Waals surface area contributed by atoms with E-state index in [1.54, 1.807) is 0 Å². The molecule has 1 aromatic rings. The number of H-pyrrole nitrogens is 1. The van der Waals surface area contributed by atoms with E-state index >= 15 is 0 Å². The summed E-state index contributed by atoms with van der Waals surface area (Å²) >= 11 is 0. The number of hydrogen-bond acceptors (Lipinski definition) is 3. The average Bonchev–Trinajstić information content (AvgIpc) is 2.62. The molecule has 1 amide bonds. The second kappa shape index (κ2) is 5.09. The van der Waals surface area contributed by atoms with Gasteiger partial charge in [0.2, 0.25) is 5.82 Å². The van der Waals surface area contributed by atoms with Gasteiger partial charge in [-0.15, -0.1) is 5.10 Å². The molecule has 0 aliphatic rings. The largest absolute Gasteiger partial charge is 0.349 e. The molecule has 0 saturated carbocycles. The molecule has 16 heavy (non-hydrogen) atoms. The maximum Gasteiger partial charge on any atom is 0.290 e. The number of rotatable bonds is 4. The van der Waals surface area contributed by atoms with Crippen molar-refractivity contribution in [3.05, 3.63) is 11.6 Å². The van der Waals surface area contributed by atoms with Crippen LogP contribution in [0.15, 0.2) is 0 Å². The van der Waals surface area contributed by atoms with Gasteiger partial charge in [-0.1, -0.05) is 27.7 Å². The minimum atomic E-state index is -0.214. The highest BCUT2D eigenvalue weighted by Crippen LogP contribution is 2.10. The van der Waals surface area contributed by atoms with E-state index in [0.717, 1.165) is 18.7 Å². The van der Waals surface area contributed by atoms with Crippen LogP contribution in [0, 0.1) is 5.41 Å². The normalized spacial score (nSPS) is 11.5. The van der Waals surface area contributed by atoms with Gasteiger partial charge in [-0.25, -0.2) is 4.98 Å². The van der Waals surface area contributed by atoms with Gasteiger partial charge in [-0.2, -0.15) is 0 Å². The molecule has 0 bridgehead atoms. The fourth-order valence-electron chi connectivity index (χ4n) is 1.17. The van der Waals surface area contributed by atoms with Gasteiger partial charge in [0, 0.05) is 13.0 Å². The zero-order valence-electron chi connectivity index (χ0n) is 10.4. The molecule has 0 aliphatic heterocycles. The molecule has 0 atom stereocenters. The Balaban J connectivity index is 2.53. The number of nitrogens with one attached hydrogen (secondary N) is 2.